The largest absolute Gasteiger partial charge is 0.345 e. The predicted octanol–water partition coefficient (Wildman–Crippen LogP) is 2.69. The van der Waals surface area contributed by atoms with Gasteiger partial charge in [0, 0.05) is 11.9 Å². The molecule has 122 valence electrons. The molecule has 1 saturated carbocycles. The van der Waals surface area contributed by atoms with Crippen molar-refractivity contribution in [2.24, 2.45) is 0 Å². The first kappa shape index (κ1) is 15.5. The van der Waals surface area contributed by atoms with Crippen LogP contribution in [0.15, 0.2) is 6.20 Å². The minimum Gasteiger partial charge on any atom is -0.345 e. The highest BCUT2D eigenvalue weighted by Crippen LogP contribution is 2.36. The molecule has 5 nitrogen and oxygen atoms in total. The number of rotatable bonds is 4. The maximum atomic E-state index is 13.1. The van der Waals surface area contributed by atoms with E-state index in [1.807, 2.05) is 20.0 Å². The molecule has 1 atom stereocenters. The molecule has 1 aromatic rings. The quantitative estimate of drug-likeness (QED) is 0.899. The Balaban J connectivity index is 1.74. The smallest absolute Gasteiger partial charge is 0.241 e. The molecular weight excluding hydrogens is 276 g/mol. The third-order valence-corrected chi connectivity index (χ3v) is 5.30. The minimum absolute atomic E-state index is 0.0670. The Morgan fingerprint density at radius 1 is 1.27 bits per heavy atom. The molecule has 0 radical (unpaired) electrons. The Bertz CT molecular complexity index is 512. The van der Waals surface area contributed by atoms with Crippen LogP contribution in [0.25, 0.3) is 0 Å². The number of nitrogens with zero attached hydrogens (tertiary/aromatic N) is 2. The van der Waals surface area contributed by atoms with Crippen LogP contribution >= 0.6 is 0 Å². The zero-order valence-corrected chi connectivity index (χ0v) is 13.8. The summed E-state index contributed by atoms with van der Waals surface area (Å²) in [5.74, 6) is 1.05. The van der Waals surface area contributed by atoms with Gasteiger partial charge in [0.1, 0.15) is 11.4 Å². The SMILES string of the molecule is Cc1cnc(C(C)NC(=O)C2(N3CCCC3)CCCCC2)[nH]1. The number of amides is 1. The molecule has 2 N–H and O–H groups in total. The van der Waals surface area contributed by atoms with Crippen molar-refractivity contribution < 1.29 is 4.79 Å². The Labute approximate surface area is 132 Å². The maximum absolute atomic E-state index is 13.1. The number of nitrogens with one attached hydrogen (secondary N) is 2. The summed E-state index contributed by atoms with van der Waals surface area (Å²) in [6.07, 6.45) is 9.86. The van der Waals surface area contributed by atoms with Gasteiger partial charge in [0.2, 0.25) is 5.91 Å². The average molecular weight is 304 g/mol. The van der Waals surface area contributed by atoms with Crippen LogP contribution in [-0.2, 0) is 4.79 Å². The normalized spacial score (nSPS) is 23.4. The monoisotopic (exact) mass is 304 g/mol. The summed E-state index contributed by atoms with van der Waals surface area (Å²) in [5, 5.41) is 3.22. The summed E-state index contributed by atoms with van der Waals surface area (Å²) in [6, 6.07) is -0.0670. The van der Waals surface area contributed by atoms with Gasteiger partial charge in [-0.1, -0.05) is 19.3 Å². The van der Waals surface area contributed by atoms with Crippen LogP contribution in [0.3, 0.4) is 0 Å². The second-order valence-corrected chi connectivity index (χ2v) is 6.93. The average Bonchev–Trinajstić information content (AvgIpc) is 3.19. The Kier molecular flexibility index (Phi) is 4.52. The van der Waals surface area contributed by atoms with Gasteiger partial charge >= 0.3 is 0 Å². The summed E-state index contributed by atoms with van der Waals surface area (Å²) >= 11 is 0. The molecule has 2 heterocycles. The van der Waals surface area contributed by atoms with Crippen molar-refractivity contribution in [1.82, 2.24) is 20.2 Å². The van der Waals surface area contributed by atoms with Gasteiger partial charge < -0.3 is 10.3 Å². The molecular formula is C17H28N4O. The second-order valence-electron chi connectivity index (χ2n) is 6.93. The summed E-state index contributed by atoms with van der Waals surface area (Å²) in [4.78, 5) is 23.1. The summed E-state index contributed by atoms with van der Waals surface area (Å²) in [6.45, 7) is 6.14. The fourth-order valence-corrected chi connectivity index (χ4v) is 4.02. The van der Waals surface area contributed by atoms with Crippen molar-refractivity contribution >= 4 is 5.91 Å². The number of aromatic amines is 1. The van der Waals surface area contributed by atoms with E-state index in [9.17, 15) is 4.79 Å². The number of hydrogen-bond acceptors (Lipinski definition) is 3. The highest BCUT2D eigenvalue weighted by molar-refractivity contribution is 5.86. The lowest BCUT2D eigenvalue weighted by molar-refractivity contribution is -0.136. The molecule has 1 unspecified atom stereocenters. The number of aromatic nitrogens is 2. The standard InChI is InChI=1S/C17H28N4O/c1-13-12-18-15(19-13)14(2)20-16(22)17(8-4-3-5-9-17)21-10-6-7-11-21/h12,14H,3-11H2,1-2H3,(H,18,19)(H,20,22). The highest BCUT2D eigenvalue weighted by atomic mass is 16.2. The molecule has 1 aliphatic carbocycles. The number of carbonyl (C=O) groups excluding carboxylic acids is 1. The van der Waals surface area contributed by atoms with Crippen molar-refractivity contribution in [2.75, 3.05) is 13.1 Å². The van der Waals surface area contributed by atoms with E-state index in [0.29, 0.717) is 0 Å². The summed E-state index contributed by atoms with van der Waals surface area (Å²) < 4.78 is 0. The lowest BCUT2D eigenvalue weighted by Crippen LogP contribution is -2.59. The lowest BCUT2D eigenvalue weighted by atomic mass is 9.79. The number of imidazole rings is 1. The van der Waals surface area contributed by atoms with Crippen LogP contribution < -0.4 is 5.32 Å². The Hall–Kier alpha value is -1.36. The van der Waals surface area contributed by atoms with E-state index in [0.717, 1.165) is 50.3 Å². The molecule has 1 amide bonds. The Morgan fingerprint density at radius 3 is 2.55 bits per heavy atom. The molecule has 1 aromatic heterocycles. The van der Waals surface area contributed by atoms with E-state index in [4.69, 9.17) is 0 Å². The van der Waals surface area contributed by atoms with E-state index >= 15 is 0 Å². The number of aryl methyl sites for hydroxylation is 1. The van der Waals surface area contributed by atoms with Crippen LogP contribution in [0.5, 0.6) is 0 Å². The molecule has 2 fully saturated rings. The van der Waals surface area contributed by atoms with Gasteiger partial charge in [-0.2, -0.15) is 0 Å². The van der Waals surface area contributed by atoms with E-state index in [1.165, 1.54) is 19.3 Å². The van der Waals surface area contributed by atoms with Gasteiger partial charge in [-0.05, 0) is 52.6 Å². The molecule has 0 aromatic carbocycles. The highest BCUT2D eigenvalue weighted by Gasteiger charge is 2.45. The lowest BCUT2D eigenvalue weighted by Gasteiger charge is -2.43. The van der Waals surface area contributed by atoms with Gasteiger partial charge in [-0.3, -0.25) is 9.69 Å². The van der Waals surface area contributed by atoms with Crippen molar-refractivity contribution in [3.8, 4) is 0 Å². The van der Waals surface area contributed by atoms with Gasteiger partial charge in [0.05, 0.1) is 6.04 Å². The van der Waals surface area contributed by atoms with Gasteiger partial charge in [0.25, 0.3) is 0 Å². The van der Waals surface area contributed by atoms with Crippen LogP contribution in [0.4, 0.5) is 0 Å². The van der Waals surface area contributed by atoms with Crippen LogP contribution in [0.1, 0.15) is 69.4 Å². The summed E-state index contributed by atoms with van der Waals surface area (Å²) in [7, 11) is 0. The second kappa shape index (κ2) is 6.41. The minimum atomic E-state index is -0.273. The van der Waals surface area contributed by atoms with Gasteiger partial charge in [-0.15, -0.1) is 0 Å². The molecule has 1 saturated heterocycles. The summed E-state index contributed by atoms with van der Waals surface area (Å²) in [5.41, 5.74) is 0.757. The van der Waals surface area contributed by atoms with E-state index in [-0.39, 0.29) is 17.5 Å². The predicted molar refractivity (Wildman–Crippen MR) is 86.5 cm³/mol. The van der Waals surface area contributed by atoms with E-state index < -0.39 is 0 Å². The fourth-order valence-electron chi connectivity index (χ4n) is 4.02. The van der Waals surface area contributed by atoms with Gasteiger partial charge in [0.15, 0.2) is 0 Å². The first-order chi connectivity index (χ1) is 10.6. The van der Waals surface area contributed by atoms with Crippen molar-refractivity contribution in [3.05, 3.63) is 17.7 Å². The van der Waals surface area contributed by atoms with Crippen molar-refractivity contribution in [3.63, 3.8) is 0 Å². The molecule has 5 heteroatoms. The van der Waals surface area contributed by atoms with Gasteiger partial charge in [-0.25, -0.2) is 4.98 Å². The zero-order chi connectivity index (χ0) is 15.6. The fraction of sp³-hybridized carbons (Fsp3) is 0.765. The molecule has 1 aliphatic heterocycles. The van der Waals surface area contributed by atoms with Crippen LogP contribution in [-0.4, -0.2) is 39.4 Å². The van der Waals surface area contributed by atoms with E-state index in [1.54, 1.807) is 0 Å². The third-order valence-electron chi connectivity index (χ3n) is 5.30. The zero-order valence-electron chi connectivity index (χ0n) is 13.8. The first-order valence-corrected chi connectivity index (χ1v) is 8.69. The van der Waals surface area contributed by atoms with Crippen molar-refractivity contribution in [2.45, 2.75) is 70.4 Å². The number of hydrogen-bond donors (Lipinski definition) is 2. The maximum Gasteiger partial charge on any atom is 0.241 e. The molecule has 0 bridgehead atoms. The Morgan fingerprint density at radius 2 is 1.95 bits per heavy atom. The number of H-pyrrole nitrogens is 1. The first-order valence-electron chi connectivity index (χ1n) is 8.69. The third kappa shape index (κ3) is 2.91. The van der Waals surface area contributed by atoms with Crippen LogP contribution in [0, 0.1) is 6.92 Å². The molecule has 0 spiro atoms. The van der Waals surface area contributed by atoms with Crippen LogP contribution in [0.2, 0.25) is 0 Å². The molecule has 2 aliphatic rings. The number of carbonyl (C=O) groups is 1. The number of likely N-dealkylation sites (tertiary alicyclic amines) is 1. The molecule has 22 heavy (non-hydrogen) atoms. The van der Waals surface area contributed by atoms with E-state index in [2.05, 4.69) is 20.2 Å². The molecule has 3 rings (SSSR count). The topological polar surface area (TPSA) is 61.0 Å². The van der Waals surface area contributed by atoms with Crippen molar-refractivity contribution in [1.29, 1.82) is 0 Å².